The van der Waals surface area contributed by atoms with Crippen LogP contribution in [0.4, 0.5) is 0 Å². The molecule has 1 heterocycles. The van der Waals surface area contributed by atoms with Crippen LogP contribution in [0.3, 0.4) is 0 Å². The highest BCUT2D eigenvalue weighted by Crippen LogP contribution is 2.12. The van der Waals surface area contributed by atoms with Crippen LogP contribution < -0.4 is 0 Å². The fourth-order valence-electron chi connectivity index (χ4n) is 1.22. The van der Waals surface area contributed by atoms with Crippen molar-refractivity contribution >= 4 is 10.0 Å². The zero-order valence-electron chi connectivity index (χ0n) is 9.51. The van der Waals surface area contributed by atoms with Gasteiger partial charge in [-0.2, -0.15) is 0 Å². The van der Waals surface area contributed by atoms with Crippen molar-refractivity contribution in [1.29, 1.82) is 0 Å². The number of hydrogen-bond acceptors (Lipinski definition) is 3. The van der Waals surface area contributed by atoms with E-state index >= 15 is 0 Å². The average molecular weight is 231 g/mol. The van der Waals surface area contributed by atoms with Gasteiger partial charge in [-0.05, 0) is 13.8 Å². The lowest BCUT2D eigenvalue weighted by molar-refractivity contribution is 0.512. The van der Waals surface area contributed by atoms with Crippen molar-refractivity contribution in [3.63, 3.8) is 0 Å². The summed E-state index contributed by atoms with van der Waals surface area (Å²) in [6.45, 7) is 3.99. The molecule has 0 aromatic carbocycles. The maximum absolute atomic E-state index is 11.6. The van der Waals surface area contributed by atoms with Crippen LogP contribution >= 0.6 is 0 Å². The van der Waals surface area contributed by atoms with Gasteiger partial charge in [-0.1, -0.05) is 0 Å². The number of hydrogen-bond donors (Lipinski definition) is 0. The highest BCUT2D eigenvalue weighted by Gasteiger charge is 2.18. The molecular formula is C9H17N3O2S. The summed E-state index contributed by atoms with van der Waals surface area (Å²) in [7, 11) is -0.176. The van der Waals surface area contributed by atoms with Crippen molar-refractivity contribution < 1.29 is 8.42 Å². The first-order valence-corrected chi connectivity index (χ1v) is 6.37. The minimum atomic E-state index is -3.23. The molecule has 6 heteroatoms. The molecule has 0 unspecified atom stereocenters. The molecule has 0 bridgehead atoms. The molecule has 0 spiro atoms. The van der Waals surface area contributed by atoms with E-state index in [1.54, 1.807) is 12.4 Å². The second kappa shape index (κ2) is 4.32. The second-order valence-electron chi connectivity index (χ2n) is 3.88. The number of aromatic nitrogens is 2. The van der Waals surface area contributed by atoms with E-state index in [-0.39, 0.29) is 11.8 Å². The lowest BCUT2D eigenvalue weighted by Gasteiger charge is -2.14. The zero-order valence-corrected chi connectivity index (χ0v) is 10.3. The number of imidazole rings is 1. The Morgan fingerprint density at radius 2 is 2.07 bits per heavy atom. The van der Waals surface area contributed by atoms with Crippen LogP contribution in [0, 0.1) is 0 Å². The molecule has 1 aromatic heterocycles. The van der Waals surface area contributed by atoms with Crippen LogP contribution in [0.1, 0.15) is 25.7 Å². The third-order valence-corrected chi connectivity index (χ3v) is 3.91. The predicted octanol–water partition coefficient (Wildman–Crippen LogP) is 0.855. The summed E-state index contributed by atoms with van der Waals surface area (Å²) < 4.78 is 26.4. The summed E-state index contributed by atoms with van der Waals surface area (Å²) >= 11 is 0. The second-order valence-corrected chi connectivity index (χ2v) is 6.07. The molecule has 0 amide bonds. The average Bonchev–Trinajstić information content (AvgIpc) is 2.51. The molecule has 0 saturated carbocycles. The SMILES string of the molecule is CC(C)n1ccnc1CS(=O)(=O)N(C)C. The van der Waals surface area contributed by atoms with Crippen LogP contribution in [0.5, 0.6) is 0 Å². The van der Waals surface area contributed by atoms with Gasteiger partial charge in [0.1, 0.15) is 11.6 Å². The molecule has 0 aliphatic heterocycles. The summed E-state index contributed by atoms with van der Waals surface area (Å²) in [5.74, 6) is 0.532. The lowest BCUT2D eigenvalue weighted by Crippen LogP contribution is -2.25. The van der Waals surface area contributed by atoms with Gasteiger partial charge >= 0.3 is 0 Å². The summed E-state index contributed by atoms with van der Waals surface area (Å²) in [6, 6.07) is 0.222. The maximum Gasteiger partial charge on any atom is 0.220 e. The highest BCUT2D eigenvalue weighted by molar-refractivity contribution is 7.88. The Labute approximate surface area is 90.8 Å². The molecule has 0 aliphatic carbocycles. The first-order chi connectivity index (χ1) is 6.84. The Kier molecular flexibility index (Phi) is 3.51. The third kappa shape index (κ3) is 2.79. The van der Waals surface area contributed by atoms with Gasteiger partial charge in [0, 0.05) is 32.5 Å². The van der Waals surface area contributed by atoms with Crippen molar-refractivity contribution in [3.8, 4) is 0 Å². The topological polar surface area (TPSA) is 55.2 Å². The Hall–Kier alpha value is -0.880. The van der Waals surface area contributed by atoms with Crippen molar-refractivity contribution in [1.82, 2.24) is 13.9 Å². The first kappa shape index (κ1) is 12.2. The van der Waals surface area contributed by atoms with Gasteiger partial charge in [0.2, 0.25) is 10.0 Å². The van der Waals surface area contributed by atoms with E-state index in [0.29, 0.717) is 5.82 Å². The predicted molar refractivity (Wildman–Crippen MR) is 58.9 cm³/mol. The molecule has 1 aromatic rings. The van der Waals surface area contributed by atoms with Gasteiger partial charge in [-0.25, -0.2) is 17.7 Å². The van der Waals surface area contributed by atoms with Crippen molar-refractivity contribution in [2.24, 2.45) is 0 Å². The van der Waals surface area contributed by atoms with E-state index in [2.05, 4.69) is 4.98 Å². The number of rotatable bonds is 4. The van der Waals surface area contributed by atoms with E-state index in [4.69, 9.17) is 0 Å². The van der Waals surface area contributed by atoms with Crippen LogP contribution in [0.2, 0.25) is 0 Å². The normalized spacial score (nSPS) is 12.7. The lowest BCUT2D eigenvalue weighted by atomic mass is 10.4. The molecule has 5 nitrogen and oxygen atoms in total. The Bertz CT molecular complexity index is 420. The molecule has 0 saturated heterocycles. The fraction of sp³-hybridized carbons (Fsp3) is 0.667. The van der Waals surface area contributed by atoms with Gasteiger partial charge in [-0.15, -0.1) is 0 Å². The first-order valence-electron chi connectivity index (χ1n) is 4.76. The van der Waals surface area contributed by atoms with E-state index < -0.39 is 10.0 Å². The van der Waals surface area contributed by atoms with Crippen molar-refractivity contribution in [2.45, 2.75) is 25.6 Å². The van der Waals surface area contributed by atoms with Gasteiger partial charge < -0.3 is 4.57 Å². The highest BCUT2D eigenvalue weighted by atomic mass is 32.2. The van der Waals surface area contributed by atoms with Crippen LogP contribution in [-0.2, 0) is 15.8 Å². The van der Waals surface area contributed by atoms with Gasteiger partial charge in [0.05, 0.1) is 0 Å². The van der Waals surface area contributed by atoms with Crippen LogP contribution in [-0.4, -0.2) is 36.4 Å². The van der Waals surface area contributed by atoms with Gasteiger partial charge in [0.25, 0.3) is 0 Å². The summed E-state index contributed by atoms with van der Waals surface area (Å²) in [4.78, 5) is 4.06. The standard InChI is InChI=1S/C9H17N3O2S/c1-8(2)12-6-5-10-9(12)7-15(13,14)11(3)4/h5-6,8H,7H2,1-4H3. The molecule has 15 heavy (non-hydrogen) atoms. The van der Waals surface area contributed by atoms with Gasteiger partial charge in [-0.3, -0.25) is 0 Å². The van der Waals surface area contributed by atoms with Crippen molar-refractivity contribution in [2.75, 3.05) is 14.1 Å². The van der Waals surface area contributed by atoms with Crippen molar-refractivity contribution in [3.05, 3.63) is 18.2 Å². The number of sulfonamides is 1. The molecule has 0 aliphatic rings. The maximum atomic E-state index is 11.6. The Morgan fingerprint density at radius 3 is 2.53 bits per heavy atom. The number of nitrogens with zero attached hydrogens (tertiary/aromatic N) is 3. The minimum Gasteiger partial charge on any atom is -0.332 e. The smallest absolute Gasteiger partial charge is 0.220 e. The summed E-state index contributed by atoms with van der Waals surface area (Å²) in [5.41, 5.74) is 0. The van der Waals surface area contributed by atoms with E-state index in [1.165, 1.54) is 18.4 Å². The van der Waals surface area contributed by atoms with E-state index in [9.17, 15) is 8.42 Å². The quantitative estimate of drug-likeness (QED) is 0.772. The molecule has 0 N–H and O–H groups in total. The fourth-order valence-corrected chi connectivity index (χ4v) is 2.03. The Balaban J connectivity index is 2.95. The third-order valence-electron chi connectivity index (χ3n) is 2.17. The molecule has 1 rings (SSSR count). The largest absolute Gasteiger partial charge is 0.332 e. The van der Waals surface area contributed by atoms with Gasteiger partial charge in [0.15, 0.2) is 0 Å². The minimum absolute atomic E-state index is 0.0504. The molecule has 0 fully saturated rings. The van der Waals surface area contributed by atoms with Crippen LogP contribution in [0.25, 0.3) is 0 Å². The monoisotopic (exact) mass is 231 g/mol. The van der Waals surface area contributed by atoms with E-state index in [0.717, 1.165) is 0 Å². The molecule has 86 valence electrons. The summed E-state index contributed by atoms with van der Waals surface area (Å²) in [6.07, 6.45) is 3.42. The molecular weight excluding hydrogens is 214 g/mol. The molecule has 0 atom stereocenters. The van der Waals surface area contributed by atoms with Crippen LogP contribution in [0.15, 0.2) is 12.4 Å². The molecule has 0 radical (unpaired) electrons. The summed E-state index contributed by atoms with van der Waals surface area (Å²) in [5, 5.41) is 0. The Morgan fingerprint density at radius 1 is 1.47 bits per heavy atom. The van der Waals surface area contributed by atoms with E-state index in [1.807, 2.05) is 18.4 Å². The zero-order chi connectivity index (χ0) is 11.6.